The Morgan fingerprint density at radius 1 is 1.54 bits per heavy atom. The van der Waals surface area contributed by atoms with Gasteiger partial charge >= 0.3 is 5.97 Å². The summed E-state index contributed by atoms with van der Waals surface area (Å²) >= 11 is 0. The molecule has 0 heterocycles. The van der Waals surface area contributed by atoms with E-state index in [2.05, 4.69) is 0 Å². The van der Waals surface area contributed by atoms with Gasteiger partial charge in [-0.15, -0.1) is 0 Å². The molecule has 2 saturated carbocycles. The van der Waals surface area contributed by atoms with Crippen molar-refractivity contribution in [2.45, 2.75) is 32.1 Å². The Hall–Kier alpha value is -0.570. The molecule has 3 heteroatoms. The molecule has 2 aliphatic rings. The number of aliphatic carboxylic acids is 1. The van der Waals surface area contributed by atoms with Gasteiger partial charge in [0.2, 0.25) is 0 Å². The molecule has 3 atom stereocenters. The minimum absolute atomic E-state index is 0.0347. The number of carbonyl (C=O) groups is 1. The van der Waals surface area contributed by atoms with Crippen molar-refractivity contribution in [1.29, 1.82) is 0 Å². The Balaban J connectivity index is 2.05. The highest BCUT2D eigenvalue weighted by atomic mass is 16.4. The van der Waals surface area contributed by atoms with Gasteiger partial charge in [0, 0.05) is 0 Å². The summed E-state index contributed by atoms with van der Waals surface area (Å²) in [5.74, 6) is 0.729. The zero-order valence-electron chi connectivity index (χ0n) is 7.83. The molecule has 0 aromatic rings. The van der Waals surface area contributed by atoms with Crippen LogP contribution in [0.2, 0.25) is 0 Å². The summed E-state index contributed by atoms with van der Waals surface area (Å²) in [6, 6.07) is 0. The molecular formula is C10H17NO2. The number of fused-ring (bicyclic) bond motifs is 1. The number of nitrogens with two attached hydrogens (primary N) is 1. The fourth-order valence-electron chi connectivity index (χ4n) is 3.41. The second-order valence-electron chi connectivity index (χ2n) is 4.64. The van der Waals surface area contributed by atoms with Crippen LogP contribution in [0.3, 0.4) is 0 Å². The summed E-state index contributed by atoms with van der Waals surface area (Å²) in [7, 11) is 0. The highest BCUT2D eigenvalue weighted by Crippen LogP contribution is 2.60. The normalized spacial score (nSPS) is 42.5. The summed E-state index contributed by atoms with van der Waals surface area (Å²) in [5, 5.41) is 8.81. The Morgan fingerprint density at radius 2 is 2.31 bits per heavy atom. The van der Waals surface area contributed by atoms with Gasteiger partial charge in [0.15, 0.2) is 0 Å². The zero-order chi connectivity index (χ0) is 9.47. The van der Waals surface area contributed by atoms with Gasteiger partial charge in [0.05, 0.1) is 6.42 Å². The number of carboxylic acid groups (broad SMARTS) is 1. The van der Waals surface area contributed by atoms with Crippen LogP contribution in [0.5, 0.6) is 0 Å². The fourth-order valence-corrected chi connectivity index (χ4v) is 3.41. The molecule has 2 fully saturated rings. The minimum Gasteiger partial charge on any atom is -0.481 e. The third-order valence-electron chi connectivity index (χ3n) is 4.02. The van der Waals surface area contributed by atoms with Crippen LogP contribution >= 0.6 is 0 Å². The Bertz CT molecular complexity index is 229. The van der Waals surface area contributed by atoms with Crippen LogP contribution < -0.4 is 5.73 Å². The molecule has 0 radical (unpaired) electrons. The molecule has 0 bridgehead atoms. The second kappa shape index (κ2) is 2.98. The van der Waals surface area contributed by atoms with Gasteiger partial charge in [0.1, 0.15) is 0 Å². The molecule has 0 aromatic heterocycles. The van der Waals surface area contributed by atoms with Crippen molar-refractivity contribution >= 4 is 5.97 Å². The predicted molar refractivity (Wildman–Crippen MR) is 49.2 cm³/mol. The first-order valence-electron chi connectivity index (χ1n) is 5.10. The maximum Gasteiger partial charge on any atom is 0.303 e. The molecule has 74 valence electrons. The first-order chi connectivity index (χ1) is 6.18. The molecule has 2 rings (SSSR count). The van der Waals surface area contributed by atoms with Gasteiger partial charge in [-0.3, -0.25) is 4.79 Å². The summed E-state index contributed by atoms with van der Waals surface area (Å²) in [6.07, 6.45) is 5.11. The van der Waals surface area contributed by atoms with Crippen LogP contribution in [0.4, 0.5) is 0 Å². The first-order valence-corrected chi connectivity index (χ1v) is 5.10. The summed E-state index contributed by atoms with van der Waals surface area (Å²) in [5.41, 5.74) is 5.68. The van der Waals surface area contributed by atoms with E-state index in [1.807, 2.05) is 0 Å². The van der Waals surface area contributed by atoms with Crippen molar-refractivity contribution in [3.05, 3.63) is 0 Å². The Kier molecular flexibility index (Phi) is 2.06. The summed E-state index contributed by atoms with van der Waals surface area (Å²) in [6.45, 7) is 0.556. The second-order valence-corrected chi connectivity index (χ2v) is 4.64. The quantitative estimate of drug-likeness (QED) is 0.691. The Morgan fingerprint density at radius 3 is 2.85 bits per heavy atom. The highest BCUT2D eigenvalue weighted by molar-refractivity contribution is 5.68. The number of hydrogen-bond acceptors (Lipinski definition) is 2. The highest BCUT2D eigenvalue weighted by Gasteiger charge is 2.55. The lowest BCUT2D eigenvalue weighted by Crippen LogP contribution is -2.51. The third kappa shape index (κ3) is 1.26. The van der Waals surface area contributed by atoms with Crippen molar-refractivity contribution in [3.8, 4) is 0 Å². The van der Waals surface area contributed by atoms with Crippen molar-refractivity contribution in [2.75, 3.05) is 6.54 Å². The standard InChI is InChI=1S/C10H17NO2/c11-6-10(5-9(12)13)4-7-2-1-3-8(7)10/h7-8H,1-6,11H2,(H,12,13)/t7?,8-,10-/m0/s1. The lowest BCUT2D eigenvalue weighted by atomic mass is 9.53. The van der Waals surface area contributed by atoms with Crippen molar-refractivity contribution in [3.63, 3.8) is 0 Å². The van der Waals surface area contributed by atoms with E-state index in [1.54, 1.807) is 0 Å². The van der Waals surface area contributed by atoms with Crippen molar-refractivity contribution in [1.82, 2.24) is 0 Å². The van der Waals surface area contributed by atoms with Gasteiger partial charge in [-0.05, 0) is 36.6 Å². The molecule has 1 unspecified atom stereocenters. The van der Waals surface area contributed by atoms with E-state index in [0.29, 0.717) is 12.5 Å². The molecule has 0 saturated heterocycles. The van der Waals surface area contributed by atoms with E-state index in [-0.39, 0.29) is 11.8 Å². The Labute approximate surface area is 78.3 Å². The van der Waals surface area contributed by atoms with E-state index in [0.717, 1.165) is 12.3 Å². The van der Waals surface area contributed by atoms with E-state index in [4.69, 9.17) is 10.8 Å². The maximum absolute atomic E-state index is 10.7. The molecule has 3 N–H and O–H groups in total. The molecular weight excluding hydrogens is 166 g/mol. The first kappa shape index (κ1) is 9.00. The van der Waals surface area contributed by atoms with Gasteiger partial charge in [-0.25, -0.2) is 0 Å². The molecule has 0 aliphatic heterocycles. The van der Waals surface area contributed by atoms with Crippen molar-refractivity contribution in [2.24, 2.45) is 23.0 Å². The molecule has 0 aromatic carbocycles. The maximum atomic E-state index is 10.7. The monoisotopic (exact) mass is 183 g/mol. The minimum atomic E-state index is -0.684. The van der Waals surface area contributed by atoms with Crippen LogP contribution in [0.15, 0.2) is 0 Å². The molecule has 2 aliphatic carbocycles. The molecule has 0 amide bonds. The van der Waals surface area contributed by atoms with Gasteiger partial charge in [-0.2, -0.15) is 0 Å². The average Bonchev–Trinajstić information content (AvgIpc) is 2.43. The summed E-state index contributed by atoms with van der Waals surface area (Å²) in [4.78, 5) is 10.7. The number of rotatable bonds is 3. The molecule has 13 heavy (non-hydrogen) atoms. The van der Waals surface area contributed by atoms with Crippen molar-refractivity contribution < 1.29 is 9.90 Å². The topological polar surface area (TPSA) is 63.3 Å². The van der Waals surface area contributed by atoms with E-state index in [9.17, 15) is 4.79 Å². The van der Waals surface area contributed by atoms with Gasteiger partial charge in [0.25, 0.3) is 0 Å². The van der Waals surface area contributed by atoms with Crippen LogP contribution in [0, 0.1) is 17.3 Å². The molecule has 0 spiro atoms. The van der Waals surface area contributed by atoms with E-state index < -0.39 is 5.97 Å². The SMILES string of the molecule is NC[C@@]1(CC(=O)O)CC2CCC[C@@H]21. The fraction of sp³-hybridized carbons (Fsp3) is 0.900. The lowest BCUT2D eigenvalue weighted by molar-refractivity contribution is -0.145. The van der Waals surface area contributed by atoms with Gasteiger partial charge < -0.3 is 10.8 Å². The van der Waals surface area contributed by atoms with E-state index in [1.165, 1.54) is 19.3 Å². The zero-order valence-corrected chi connectivity index (χ0v) is 7.83. The average molecular weight is 183 g/mol. The predicted octanol–water partition coefficient (Wildman–Crippen LogP) is 1.23. The van der Waals surface area contributed by atoms with Crippen LogP contribution in [-0.4, -0.2) is 17.6 Å². The summed E-state index contributed by atoms with van der Waals surface area (Å²) < 4.78 is 0. The largest absolute Gasteiger partial charge is 0.481 e. The van der Waals surface area contributed by atoms with Crippen LogP contribution in [0.1, 0.15) is 32.1 Å². The lowest BCUT2D eigenvalue weighted by Gasteiger charge is -2.51. The van der Waals surface area contributed by atoms with Crippen LogP contribution in [-0.2, 0) is 4.79 Å². The third-order valence-corrected chi connectivity index (χ3v) is 4.02. The number of carboxylic acids is 1. The number of hydrogen-bond donors (Lipinski definition) is 2. The van der Waals surface area contributed by atoms with Crippen LogP contribution in [0.25, 0.3) is 0 Å². The molecule has 3 nitrogen and oxygen atoms in total. The van der Waals surface area contributed by atoms with Gasteiger partial charge in [-0.1, -0.05) is 12.8 Å². The smallest absolute Gasteiger partial charge is 0.303 e. The van der Waals surface area contributed by atoms with E-state index >= 15 is 0 Å².